The third-order valence-corrected chi connectivity index (χ3v) is 4.39. The van der Waals surface area contributed by atoms with Gasteiger partial charge < -0.3 is 13.8 Å². The molecule has 0 aliphatic rings. The van der Waals surface area contributed by atoms with Crippen LogP contribution in [0.4, 0.5) is 0 Å². The Hall–Kier alpha value is -0.380. The summed E-state index contributed by atoms with van der Waals surface area (Å²) in [5, 5.41) is 0. The molecule has 0 radical (unpaired) electrons. The highest BCUT2D eigenvalue weighted by molar-refractivity contribution is 7.53. The molecule has 0 spiro atoms. The van der Waals surface area contributed by atoms with E-state index >= 15 is 0 Å². The number of carbonyl (C=O) groups is 1. The van der Waals surface area contributed by atoms with E-state index in [4.69, 9.17) is 9.05 Å². The molecule has 19 heavy (non-hydrogen) atoms. The highest BCUT2D eigenvalue weighted by Crippen LogP contribution is 2.50. The average Bonchev–Trinajstić information content (AvgIpc) is 2.33. The van der Waals surface area contributed by atoms with E-state index in [9.17, 15) is 9.36 Å². The van der Waals surface area contributed by atoms with Crippen molar-refractivity contribution in [2.45, 2.75) is 34.6 Å². The minimum Gasteiger partial charge on any atom is -0.469 e. The van der Waals surface area contributed by atoms with Gasteiger partial charge in [0, 0.05) is 0 Å². The second-order valence-corrected chi connectivity index (χ2v) is 7.70. The molecule has 1 unspecified atom stereocenters. The van der Waals surface area contributed by atoms with E-state index in [2.05, 4.69) is 4.74 Å². The summed E-state index contributed by atoms with van der Waals surface area (Å²) in [5.41, 5.74) is 0. The smallest absolute Gasteiger partial charge is 0.331 e. The Morgan fingerprint density at radius 3 is 1.74 bits per heavy atom. The highest BCUT2D eigenvalue weighted by Gasteiger charge is 2.31. The lowest BCUT2D eigenvalue weighted by Crippen LogP contribution is -2.19. The molecule has 0 aromatic carbocycles. The molecule has 0 bridgehead atoms. The lowest BCUT2D eigenvalue weighted by molar-refractivity contribution is -0.144. The zero-order valence-electron chi connectivity index (χ0n) is 12.8. The zero-order valence-corrected chi connectivity index (χ0v) is 13.7. The summed E-state index contributed by atoms with van der Waals surface area (Å²) in [6, 6.07) is 0. The van der Waals surface area contributed by atoms with Crippen molar-refractivity contribution in [2.24, 2.45) is 17.8 Å². The summed E-state index contributed by atoms with van der Waals surface area (Å²) in [6.45, 7) is 10.2. The largest absolute Gasteiger partial charge is 0.469 e. The monoisotopic (exact) mass is 294 g/mol. The van der Waals surface area contributed by atoms with Crippen LogP contribution in [0, 0.1) is 17.8 Å². The van der Waals surface area contributed by atoms with Gasteiger partial charge in [-0.2, -0.15) is 0 Å². The quantitative estimate of drug-likeness (QED) is 0.482. The minimum atomic E-state index is -3.25. The van der Waals surface area contributed by atoms with Gasteiger partial charge in [-0.1, -0.05) is 34.6 Å². The Morgan fingerprint density at radius 1 is 1.00 bits per heavy atom. The van der Waals surface area contributed by atoms with Crippen LogP contribution < -0.4 is 0 Å². The Balaban J connectivity index is 4.64. The van der Waals surface area contributed by atoms with Gasteiger partial charge in [0.15, 0.2) is 0 Å². The minimum absolute atomic E-state index is 0.0547. The summed E-state index contributed by atoms with van der Waals surface area (Å²) >= 11 is 0. The molecule has 0 aromatic rings. The lowest BCUT2D eigenvalue weighted by Gasteiger charge is -2.22. The van der Waals surface area contributed by atoms with Gasteiger partial charge in [-0.3, -0.25) is 9.36 Å². The van der Waals surface area contributed by atoms with Gasteiger partial charge in [0.2, 0.25) is 0 Å². The van der Waals surface area contributed by atoms with Crippen LogP contribution in [0.1, 0.15) is 34.6 Å². The van der Waals surface area contributed by atoms with Crippen LogP contribution >= 0.6 is 7.60 Å². The van der Waals surface area contributed by atoms with E-state index < -0.39 is 19.5 Å². The molecule has 6 heteroatoms. The van der Waals surface area contributed by atoms with Gasteiger partial charge >= 0.3 is 13.6 Å². The number of methoxy groups -OCH3 is 1. The second kappa shape index (κ2) is 8.72. The van der Waals surface area contributed by atoms with E-state index in [1.807, 2.05) is 27.7 Å². The van der Waals surface area contributed by atoms with Crippen LogP contribution in [0.3, 0.4) is 0 Å². The van der Waals surface area contributed by atoms with Crippen molar-refractivity contribution in [3.63, 3.8) is 0 Å². The van der Waals surface area contributed by atoms with E-state index in [-0.39, 0.29) is 18.0 Å². The predicted molar refractivity (Wildman–Crippen MR) is 75.2 cm³/mol. The van der Waals surface area contributed by atoms with Gasteiger partial charge in [-0.25, -0.2) is 0 Å². The van der Waals surface area contributed by atoms with E-state index in [1.54, 1.807) is 6.92 Å². The van der Waals surface area contributed by atoms with Crippen molar-refractivity contribution in [1.29, 1.82) is 0 Å². The molecule has 0 aliphatic carbocycles. The topological polar surface area (TPSA) is 61.8 Å². The number of hydrogen-bond acceptors (Lipinski definition) is 5. The first-order chi connectivity index (χ1) is 8.70. The lowest BCUT2D eigenvalue weighted by atomic mass is 10.2. The Bertz CT molecular complexity index is 298. The molecule has 1 atom stereocenters. The number of rotatable bonds is 9. The first kappa shape index (κ1) is 18.6. The molecule has 5 nitrogen and oxygen atoms in total. The molecule has 0 amide bonds. The van der Waals surface area contributed by atoms with Crippen molar-refractivity contribution >= 4 is 13.6 Å². The van der Waals surface area contributed by atoms with E-state index in [0.29, 0.717) is 13.2 Å². The molecule has 0 heterocycles. The van der Waals surface area contributed by atoms with Crippen LogP contribution in [-0.2, 0) is 23.1 Å². The molecule has 0 saturated heterocycles. The Kier molecular flexibility index (Phi) is 8.55. The first-order valence-corrected chi connectivity index (χ1v) is 8.39. The average molecular weight is 294 g/mol. The fourth-order valence-corrected chi connectivity index (χ4v) is 3.43. The molecule has 0 fully saturated rings. The van der Waals surface area contributed by atoms with Gasteiger partial charge in [0.25, 0.3) is 0 Å². The van der Waals surface area contributed by atoms with E-state index in [0.717, 1.165) is 0 Å². The molecule has 0 aromatic heterocycles. The van der Waals surface area contributed by atoms with Crippen LogP contribution in [0.2, 0.25) is 0 Å². The van der Waals surface area contributed by atoms with Crippen LogP contribution in [0.5, 0.6) is 0 Å². The number of hydrogen-bond donors (Lipinski definition) is 0. The van der Waals surface area contributed by atoms with Crippen LogP contribution in [0.15, 0.2) is 0 Å². The molecular formula is C13H27O5P. The fourth-order valence-electron chi connectivity index (χ4n) is 1.28. The third-order valence-electron chi connectivity index (χ3n) is 2.31. The van der Waals surface area contributed by atoms with Crippen molar-refractivity contribution in [2.75, 3.05) is 26.5 Å². The Morgan fingerprint density at radius 2 is 1.42 bits per heavy atom. The maximum Gasteiger partial charge on any atom is 0.331 e. The van der Waals surface area contributed by atoms with Crippen molar-refractivity contribution in [3.8, 4) is 0 Å². The number of carbonyl (C=O) groups excluding carboxylic acids is 1. The SMILES string of the molecule is COC(=O)C(C)CP(=O)(OCC(C)C)OCC(C)C. The van der Waals surface area contributed by atoms with Gasteiger partial charge in [-0.15, -0.1) is 0 Å². The summed E-state index contributed by atoms with van der Waals surface area (Å²) < 4.78 is 28.1. The molecular weight excluding hydrogens is 267 g/mol. The summed E-state index contributed by atoms with van der Waals surface area (Å²) in [4.78, 5) is 11.4. The second-order valence-electron chi connectivity index (χ2n) is 5.60. The maximum absolute atomic E-state index is 12.6. The third kappa shape index (κ3) is 8.40. The predicted octanol–water partition coefficient (Wildman–Crippen LogP) is 3.33. The Labute approximate surface area is 116 Å². The van der Waals surface area contributed by atoms with Gasteiger partial charge in [0.1, 0.15) is 0 Å². The molecule has 0 rings (SSSR count). The van der Waals surface area contributed by atoms with E-state index in [1.165, 1.54) is 7.11 Å². The van der Waals surface area contributed by atoms with Crippen molar-refractivity contribution in [3.05, 3.63) is 0 Å². The summed E-state index contributed by atoms with van der Waals surface area (Å²) in [7, 11) is -1.94. The highest BCUT2D eigenvalue weighted by atomic mass is 31.2. The standard InChI is InChI=1S/C13H27O5P/c1-10(2)7-17-19(15,18-8-11(3)4)9-12(5)13(14)16-6/h10-12H,7-9H2,1-6H3. The molecule has 114 valence electrons. The van der Waals surface area contributed by atoms with Crippen LogP contribution in [-0.4, -0.2) is 32.5 Å². The number of esters is 1. The van der Waals surface area contributed by atoms with Crippen molar-refractivity contribution < 1.29 is 23.1 Å². The maximum atomic E-state index is 12.6. The fraction of sp³-hybridized carbons (Fsp3) is 0.923. The van der Waals surface area contributed by atoms with Crippen LogP contribution in [0.25, 0.3) is 0 Å². The zero-order chi connectivity index (χ0) is 15.1. The normalized spacial score (nSPS) is 13.9. The molecule has 0 aliphatic heterocycles. The van der Waals surface area contributed by atoms with Crippen molar-refractivity contribution in [1.82, 2.24) is 0 Å². The summed E-state index contributed by atoms with van der Waals surface area (Å²) in [6.07, 6.45) is 0.0547. The first-order valence-electron chi connectivity index (χ1n) is 6.66. The van der Waals surface area contributed by atoms with Gasteiger partial charge in [-0.05, 0) is 11.8 Å². The summed E-state index contributed by atoms with van der Waals surface area (Å²) in [5.74, 6) is -0.398. The van der Waals surface area contributed by atoms with Gasteiger partial charge in [0.05, 0.1) is 32.4 Å². The molecule has 0 saturated carbocycles. The number of ether oxygens (including phenoxy) is 1. The molecule has 0 N–H and O–H groups in total.